The van der Waals surface area contributed by atoms with Crippen molar-refractivity contribution in [2.45, 2.75) is 0 Å². The van der Waals surface area contributed by atoms with E-state index in [1.807, 2.05) is 97.3 Å². The molecule has 0 saturated carbocycles. The molecule has 3 aliphatic heterocycles. The molecule has 0 atom stereocenters. The number of nitrogens with zero attached hydrogens (tertiary/aromatic N) is 6. The predicted octanol–water partition coefficient (Wildman–Crippen LogP) is 7.17. The van der Waals surface area contributed by atoms with E-state index in [-0.39, 0.29) is 21.1 Å². The Hall–Kier alpha value is -4.41. The molecule has 7 rings (SSSR count). The van der Waals surface area contributed by atoms with E-state index in [2.05, 4.69) is 34.1 Å². The Labute approximate surface area is 229 Å². The summed E-state index contributed by atoms with van der Waals surface area (Å²) in [7, 11) is 0. The standard InChI is InChI=1S/C30H20N6.Pt/c1-3-11-23(12-4-1)35-19-27-25-15-8-10-22(32-25)18-30-34-28(20-36(30)24-13-5-2-6-14-24)26-16-7-9-21(31-26)17-29(35)33-27;/h1-20H;/q-2;+2. The number of para-hydroxylation sites is 2. The van der Waals surface area contributed by atoms with Crippen molar-refractivity contribution in [2.24, 2.45) is 0 Å². The molecule has 5 heterocycles. The van der Waals surface area contributed by atoms with Gasteiger partial charge in [-0.1, -0.05) is 96.8 Å². The van der Waals surface area contributed by atoms with Gasteiger partial charge in [0.15, 0.2) is 0 Å². The van der Waals surface area contributed by atoms with Crippen LogP contribution in [-0.2, 0) is 21.1 Å². The van der Waals surface area contributed by atoms with E-state index in [1.54, 1.807) is 0 Å². The molecule has 0 radical (unpaired) electrons. The van der Waals surface area contributed by atoms with E-state index in [4.69, 9.17) is 20.6 Å². The minimum Gasteiger partial charge on any atom is -0.434 e. The van der Waals surface area contributed by atoms with Crippen LogP contribution >= 0.6 is 0 Å². The number of hydrogen-bond acceptors (Lipinski definition) is 4. The van der Waals surface area contributed by atoms with Crippen molar-refractivity contribution in [2.75, 3.05) is 9.80 Å². The van der Waals surface area contributed by atoms with Gasteiger partial charge in [-0.3, -0.25) is 0 Å². The fourth-order valence-corrected chi connectivity index (χ4v) is 4.44. The number of fused-ring (bicyclic) bond motifs is 10. The van der Waals surface area contributed by atoms with Gasteiger partial charge in [0, 0.05) is 0 Å². The molecule has 0 fully saturated rings. The van der Waals surface area contributed by atoms with Crippen molar-refractivity contribution in [3.05, 3.63) is 155 Å². The van der Waals surface area contributed by atoms with Crippen molar-refractivity contribution in [1.82, 2.24) is 9.97 Å². The Morgan fingerprint density at radius 1 is 0.486 bits per heavy atom. The summed E-state index contributed by atoms with van der Waals surface area (Å²) >= 11 is 0. The van der Waals surface area contributed by atoms with Gasteiger partial charge >= 0.3 is 21.1 Å². The van der Waals surface area contributed by atoms with Gasteiger partial charge in [0.2, 0.25) is 0 Å². The number of pyridine rings is 2. The molecule has 0 amide bonds. The topological polar surface area (TPSA) is 60.5 Å². The molecule has 4 aromatic rings. The Morgan fingerprint density at radius 3 is 1.35 bits per heavy atom. The van der Waals surface area contributed by atoms with Crippen molar-refractivity contribution in [1.29, 1.82) is 0 Å². The molecule has 7 heteroatoms. The monoisotopic (exact) mass is 659 g/mol. The summed E-state index contributed by atoms with van der Waals surface area (Å²) in [4.78, 5) is 14.0. The quantitative estimate of drug-likeness (QED) is 0.229. The molecule has 2 aromatic carbocycles. The molecule has 0 N–H and O–H groups in total. The number of anilines is 2. The van der Waals surface area contributed by atoms with Crippen LogP contribution in [0, 0.1) is 0 Å². The molecule has 8 bridgehead atoms. The third-order valence-electron chi connectivity index (χ3n) is 6.16. The summed E-state index contributed by atoms with van der Waals surface area (Å²) < 4.78 is 0. The van der Waals surface area contributed by atoms with E-state index in [9.17, 15) is 0 Å². The fraction of sp³-hybridized carbons (Fsp3) is 0. The Bertz CT molecular complexity index is 1470. The first-order chi connectivity index (χ1) is 17.8. The van der Waals surface area contributed by atoms with Gasteiger partial charge in [0.1, 0.15) is 0 Å². The molecule has 2 aromatic heterocycles. The molecule has 0 unspecified atom stereocenters. The first kappa shape index (κ1) is 23.0. The van der Waals surface area contributed by atoms with Gasteiger partial charge in [-0.15, -0.1) is 0 Å². The third kappa shape index (κ3) is 4.37. The van der Waals surface area contributed by atoms with Gasteiger partial charge in [-0.05, 0) is 59.2 Å². The van der Waals surface area contributed by atoms with Gasteiger partial charge in [0.25, 0.3) is 0 Å². The number of rotatable bonds is 2. The second-order valence-electron chi connectivity index (χ2n) is 8.56. The van der Waals surface area contributed by atoms with Gasteiger partial charge in [-0.2, -0.15) is 0 Å². The van der Waals surface area contributed by atoms with Crippen LogP contribution in [0.2, 0.25) is 0 Å². The first-order valence-electron chi connectivity index (χ1n) is 11.7. The smallest absolute Gasteiger partial charge is 0.434 e. The van der Waals surface area contributed by atoms with Crippen LogP contribution in [0.25, 0.3) is 34.2 Å². The summed E-state index contributed by atoms with van der Waals surface area (Å²) in [5.74, 6) is 1.56. The molecular formula is C30H20N6Pt. The molecular weight excluding hydrogens is 639 g/mol. The van der Waals surface area contributed by atoms with Crippen LogP contribution in [0.4, 0.5) is 11.4 Å². The zero-order valence-corrected chi connectivity index (χ0v) is 21.8. The second kappa shape index (κ2) is 9.56. The average Bonchev–Trinajstić information content (AvgIpc) is 3.54. The maximum atomic E-state index is 4.95. The van der Waals surface area contributed by atoms with E-state index >= 15 is 0 Å². The number of aromatic nitrogens is 2. The largest absolute Gasteiger partial charge is 2.00 e. The molecule has 180 valence electrons. The fourth-order valence-electron chi connectivity index (χ4n) is 4.44. The Kier molecular flexibility index (Phi) is 5.95. The predicted molar refractivity (Wildman–Crippen MR) is 145 cm³/mol. The van der Waals surface area contributed by atoms with Crippen LogP contribution in [0.1, 0.15) is 22.8 Å². The maximum Gasteiger partial charge on any atom is 2.00 e. The van der Waals surface area contributed by atoms with Gasteiger partial charge in [-0.25, -0.2) is 9.97 Å². The molecule has 6 nitrogen and oxygen atoms in total. The van der Waals surface area contributed by atoms with Crippen LogP contribution in [0.3, 0.4) is 0 Å². The number of benzene rings is 2. The molecule has 0 aliphatic carbocycles. The summed E-state index contributed by atoms with van der Waals surface area (Å²) in [5, 5.41) is 9.91. The average molecular weight is 660 g/mol. The van der Waals surface area contributed by atoms with Crippen molar-refractivity contribution < 1.29 is 21.1 Å². The molecule has 0 spiro atoms. The molecule has 0 saturated heterocycles. The van der Waals surface area contributed by atoms with Crippen LogP contribution in [0.15, 0.2) is 121 Å². The van der Waals surface area contributed by atoms with E-state index in [0.717, 1.165) is 57.2 Å². The normalized spacial score (nSPS) is 15.2. The summed E-state index contributed by atoms with van der Waals surface area (Å²) in [6, 6.07) is 32.3. The minimum atomic E-state index is 0. The van der Waals surface area contributed by atoms with E-state index in [1.165, 1.54) is 0 Å². The van der Waals surface area contributed by atoms with Gasteiger partial charge < -0.3 is 20.4 Å². The minimum absolute atomic E-state index is 0. The van der Waals surface area contributed by atoms with E-state index in [0.29, 0.717) is 0 Å². The summed E-state index contributed by atoms with van der Waals surface area (Å²) in [6.45, 7) is 0. The Balaban J connectivity index is 0.00000252. The molecule has 37 heavy (non-hydrogen) atoms. The van der Waals surface area contributed by atoms with Crippen LogP contribution in [0.5, 0.6) is 0 Å². The summed E-state index contributed by atoms with van der Waals surface area (Å²) in [6.07, 6.45) is 8.05. The molecule has 3 aliphatic rings. The summed E-state index contributed by atoms with van der Waals surface area (Å²) in [5.41, 5.74) is 6.84. The zero-order valence-electron chi connectivity index (χ0n) is 19.5. The second-order valence-corrected chi connectivity index (χ2v) is 8.56. The SMILES string of the molecule is C1=C2[N-]C(=Cc3cccc(n3)C3=CN(c4ccccc4)C(=Cc4cccc2n4)[N-]3)N1c1ccccc1.[Pt+2]. The zero-order chi connectivity index (χ0) is 23.9. The van der Waals surface area contributed by atoms with Crippen molar-refractivity contribution >= 4 is 34.9 Å². The Morgan fingerprint density at radius 2 is 0.919 bits per heavy atom. The van der Waals surface area contributed by atoms with Crippen molar-refractivity contribution in [3.8, 4) is 0 Å². The van der Waals surface area contributed by atoms with E-state index < -0.39 is 0 Å². The maximum absolute atomic E-state index is 4.95. The first-order valence-corrected chi connectivity index (χ1v) is 11.7. The number of hydrogen-bond donors (Lipinski definition) is 0. The van der Waals surface area contributed by atoms with Crippen molar-refractivity contribution in [3.63, 3.8) is 0 Å². The third-order valence-corrected chi connectivity index (χ3v) is 6.16. The van der Waals surface area contributed by atoms with Crippen LogP contribution < -0.4 is 9.80 Å². The van der Waals surface area contributed by atoms with Crippen LogP contribution in [-0.4, -0.2) is 9.97 Å². The van der Waals surface area contributed by atoms with Gasteiger partial charge in [0.05, 0.1) is 22.8 Å².